The van der Waals surface area contributed by atoms with Crippen LogP contribution in [0.3, 0.4) is 0 Å². The van der Waals surface area contributed by atoms with Crippen molar-refractivity contribution in [3.05, 3.63) is 0 Å². The predicted octanol–water partition coefficient (Wildman–Crippen LogP) is 1.91. The topological polar surface area (TPSA) is 40.9 Å². The zero-order chi connectivity index (χ0) is 8.20. The molecule has 10 heavy (non-hydrogen) atoms. The van der Waals surface area contributed by atoms with Gasteiger partial charge < -0.3 is 0 Å². The Kier molecular flexibility index (Phi) is 3.08. The average Bonchev–Trinajstić information content (AvgIpc) is 2.71. The monoisotopic (exact) mass is 139 g/mol. The van der Waals surface area contributed by atoms with E-state index in [4.69, 9.17) is 5.26 Å². The summed E-state index contributed by atoms with van der Waals surface area (Å²) in [5, 5.41) is 8.36. The first-order valence-electron chi connectivity index (χ1n) is 3.63. The number of ketones is 1. The Labute approximate surface area is 61.8 Å². The van der Waals surface area contributed by atoms with Gasteiger partial charge >= 0.3 is 0 Å². The van der Waals surface area contributed by atoms with Crippen LogP contribution in [-0.4, -0.2) is 5.78 Å². The van der Waals surface area contributed by atoms with Gasteiger partial charge in [-0.05, 0) is 19.8 Å². The highest BCUT2D eigenvalue weighted by molar-refractivity contribution is 5.87. The number of nitrogens with zero attached hydrogens (tertiary/aromatic N) is 1. The van der Waals surface area contributed by atoms with Gasteiger partial charge in [0.2, 0.25) is 0 Å². The third-order valence-electron chi connectivity index (χ3n) is 1.64. The van der Waals surface area contributed by atoms with E-state index >= 15 is 0 Å². The van der Waals surface area contributed by atoms with Gasteiger partial charge in [-0.2, -0.15) is 5.26 Å². The first kappa shape index (κ1) is 9.16. The molecule has 0 aromatic carbocycles. The van der Waals surface area contributed by atoms with Gasteiger partial charge in [-0.15, -0.1) is 0 Å². The van der Waals surface area contributed by atoms with Crippen molar-refractivity contribution < 1.29 is 4.79 Å². The normalized spacial score (nSPS) is 17.8. The second kappa shape index (κ2) is 3.36. The van der Waals surface area contributed by atoms with Crippen molar-refractivity contribution in [3.63, 3.8) is 0 Å². The minimum Gasteiger partial charge on any atom is -0.298 e. The molecule has 1 fully saturated rings. The molecule has 0 aromatic rings. The molecule has 0 radical (unpaired) electrons. The van der Waals surface area contributed by atoms with E-state index in [0.29, 0.717) is 0 Å². The molecule has 0 spiro atoms. The largest absolute Gasteiger partial charge is 0.298 e. The summed E-state index contributed by atoms with van der Waals surface area (Å²) in [6, 6.07) is 2.00. The number of nitriles is 1. The molecule has 1 saturated carbocycles. The number of Topliss-reactive ketones (excluding diaryl/α,β-unsaturated/α-hetero) is 1. The van der Waals surface area contributed by atoms with Crippen LogP contribution in [0.4, 0.5) is 0 Å². The molecule has 0 N–H and O–H groups in total. The molecule has 0 unspecified atom stereocenters. The van der Waals surface area contributed by atoms with Crippen molar-refractivity contribution in [1.29, 1.82) is 5.26 Å². The molecular weight excluding hydrogens is 126 g/mol. The van der Waals surface area contributed by atoms with E-state index in [9.17, 15) is 4.79 Å². The Bertz CT molecular complexity index is 163. The fourth-order valence-corrected chi connectivity index (χ4v) is 0.668. The van der Waals surface area contributed by atoms with Gasteiger partial charge in [0.05, 0.1) is 6.07 Å². The van der Waals surface area contributed by atoms with Gasteiger partial charge in [0, 0.05) is 0 Å². The van der Waals surface area contributed by atoms with E-state index in [2.05, 4.69) is 0 Å². The zero-order valence-electron chi connectivity index (χ0n) is 6.77. The molecule has 56 valence electrons. The van der Waals surface area contributed by atoms with Crippen molar-refractivity contribution in [2.24, 2.45) is 5.41 Å². The van der Waals surface area contributed by atoms with Crippen LogP contribution < -0.4 is 0 Å². The zero-order valence-corrected chi connectivity index (χ0v) is 6.77. The first-order valence-corrected chi connectivity index (χ1v) is 3.63. The molecule has 1 rings (SSSR count). The molecule has 0 atom stereocenters. The average molecular weight is 139 g/mol. The van der Waals surface area contributed by atoms with Gasteiger partial charge in [-0.3, -0.25) is 4.79 Å². The molecule has 0 amide bonds. The van der Waals surface area contributed by atoms with E-state index in [1.54, 1.807) is 0 Å². The molecule has 0 aliphatic heterocycles. The SMILES string of the molecule is CC.CC(=O)C1(C#N)CC1. The van der Waals surface area contributed by atoms with E-state index in [0.717, 1.165) is 12.8 Å². The maximum absolute atomic E-state index is 10.5. The van der Waals surface area contributed by atoms with Crippen molar-refractivity contribution in [3.8, 4) is 6.07 Å². The smallest absolute Gasteiger partial charge is 0.150 e. The summed E-state index contributed by atoms with van der Waals surface area (Å²) < 4.78 is 0. The Hall–Kier alpha value is -0.840. The van der Waals surface area contributed by atoms with Crippen LogP contribution in [0, 0.1) is 16.7 Å². The molecule has 1 aliphatic rings. The third kappa shape index (κ3) is 1.57. The minimum absolute atomic E-state index is 0.0278. The molecule has 0 aromatic heterocycles. The summed E-state index contributed by atoms with van der Waals surface area (Å²) in [5.74, 6) is 0.0278. The van der Waals surface area contributed by atoms with Gasteiger partial charge in [0.25, 0.3) is 0 Å². The van der Waals surface area contributed by atoms with Gasteiger partial charge in [0.1, 0.15) is 11.2 Å². The number of rotatable bonds is 1. The lowest BCUT2D eigenvalue weighted by molar-refractivity contribution is -0.120. The number of hydrogen-bond donors (Lipinski definition) is 0. The van der Waals surface area contributed by atoms with Gasteiger partial charge in [-0.25, -0.2) is 0 Å². The quantitative estimate of drug-likeness (QED) is 0.556. The van der Waals surface area contributed by atoms with Crippen molar-refractivity contribution in [2.75, 3.05) is 0 Å². The molecule has 0 bridgehead atoms. The van der Waals surface area contributed by atoms with E-state index in [1.165, 1.54) is 6.92 Å². The number of hydrogen-bond acceptors (Lipinski definition) is 2. The lowest BCUT2D eigenvalue weighted by Crippen LogP contribution is -2.07. The maximum Gasteiger partial charge on any atom is 0.150 e. The van der Waals surface area contributed by atoms with Crippen LogP contribution in [0.25, 0.3) is 0 Å². The second-order valence-corrected chi connectivity index (χ2v) is 2.25. The maximum atomic E-state index is 10.5. The highest BCUT2D eigenvalue weighted by Gasteiger charge is 2.47. The first-order chi connectivity index (χ1) is 4.71. The summed E-state index contributed by atoms with van der Waals surface area (Å²) in [7, 11) is 0. The summed E-state index contributed by atoms with van der Waals surface area (Å²) in [5.41, 5.74) is -0.542. The fraction of sp³-hybridized carbons (Fsp3) is 0.750. The predicted molar refractivity (Wildman–Crippen MR) is 39.3 cm³/mol. The molecular formula is C8H13NO. The third-order valence-corrected chi connectivity index (χ3v) is 1.64. The number of carbonyl (C=O) groups excluding carboxylic acids is 1. The van der Waals surface area contributed by atoms with Gasteiger partial charge in [0.15, 0.2) is 0 Å². The van der Waals surface area contributed by atoms with Gasteiger partial charge in [-0.1, -0.05) is 13.8 Å². The highest BCUT2D eigenvalue weighted by atomic mass is 16.1. The molecule has 2 nitrogen and oxygen atoms in total. The number of carbonyl (C=O) groups is 1. The van der Waals surface area contributed by atoms with Crippen LogP contribution >= 0.6 is 0 Å². The van der Waals surface area contributed by atoms with Crippen LogP contribution in [0.2, 0.25) is 0 Å². The van der Waals surface area contributed by atoms with Crippen molar-refractivity contribution >= 4 is 5.78 Å². The summed E-state index contributed by atoms with van der Waals surface area (Å²) in [6.45, 7) is 5.48. The minimum atomic E-state index is -0.542. The van der Waals surface area contributed by atoms with E-state index in [-0.39, 0.29) is 5.78 Å². The van der Waals surface area contributed by atoms with Crippen LogP contribution in [-0.2, 0) is 4.79 Å². The molecule has 0 saturated heterocycles. The lowest BCUT2D eigenvalue weighted by atomic mass is 10.1. The Balaban J connectivity index is 0.000000371. The Morgan fingerprint density at radius 3 is 1.90 bits per heavy atom. The summed E-state index contributed by atoms with van der Waals surface area (Å²) >= 11 is 0. The molecule has 0 heterocycles. The summed E-state index contributed by atoms with van der Waals surface area (Å²) in [6.07, 6.45) is 1.55. The Morgan fingerprint density at radius 2 is 1.90 bits per heavy atom. The van der Waals surface area contributed by atoms with Crippen molar-refractivity contribution in [1.82, 2.24) is 0 Å². The van der Waals surface area contributed by atoms with Crippen LogP contribution in [0.5, 0.6) is 0 Å². The van der Waals surface area contributed by atoms with Crippen LogP contribution in [0.15, 0.2) is 0 Å². The van der Waals surface area contributed by atoms with E-state index < -0.39 is 5.41 Å². The molecule has 2 heteroatoms. The standard InChI is InChI=1S/C6H7NO.C2H6/c1-5(8)6(4-7)2-3-6;1-2/h2-3H2,1H3;1-2H3. The highest BCUT2D eigenvalue weighted by Crippen LogP contribution is 2.45. The van der Waals surface area contributed by atoms with E-state index in [1.807, 2.05) is 19.9 Å². The second-order valence-electron chi connectivity index (χ2n) is 2.25. The Morgan fingerprint density at radius 1 is 1.50 bits per heavy atom. The lowest BCUT2D eigenvalue weighted by Gasteiger charge is -1.93. The van der Waals surface area contributed by atoms with Crippen molar-refractivity contribution in [2.45, 2.75) is 33.6 Å². The molecule has 1 aliphatic carbocycles. The van der Waals surface area contributed by atoms with Crippen LogP contribution in [0.1, 0.15) is 33.6 Å². The fourth-order valence-electron chi connectivity index (χ4n) is 0.668. The summed E-state index contributed by atoms with van der Waals surface area (Å²) in [4.78, 5) is 10.5.